The Kier molecular flexibility index (Phi) is 5.78. The summed E-state index contributed by atoms with van der Waals surface area (Å²) in [5, 5.41) is 3.07. The Morgan fingerprint density at radius 1 is 1.04 bits per heavy atom. The average Bonchev–Trinajstić information content (AvgIpc) is 2.70. The lowest BCUT2D eigenvalue weighted by Gasteiger charge is -2.36. The van der Waals surface area contributed by atoms with Gasteiger partial charge in [0.15, 0.2) is 0 Å². The lowest BCUT2D eigenvalue weighted by Crippen LogP contribution is -2.44. The van der Waals surface area contributed by atoms with Crippen LogP contribution in [0.3, 0.4) is 0 Å². The summed E-state index contributed by atoms with van der Waals surface area (Å²) in [5.74, 6) is 1.57. The van der Waals surface area contributed by atoms with Gasteiger partial charge in [-0.3, -0.25) is 4.79 Å². The van der Waals surface area contributed by atoms with E-state index in [4.69, 9.17) is 14.2 Å². The van der Waals surface area contributed by atoms with Gasteiger partial charge >= 0.3 is 0 Å². The highest BCUT2D eigenvalue weighted by Gasteiger charge is 2.41. The summed E-state index contributed by atoms with van der Waals surface area (Å²) >= 11 is 0. The van der Waals surface area contributed by atoms with E-state index in [9.17, 15) is 4.79 Å². The van der Waals surface area contributed by atoms with E-state index in [-0.39, 0.29) is 5.91 Å². The molecule has 1 N–H and O–H groups in total. The van der Waals surface area contributed by atoms with Crippen LogP contribution in [0.2, 0.25) is 0 Å². The van der Waals surface area contributed by atoms with Crippen molar-refractivity contribution in [3.8, 4) is 11.5 Å². The van der Waals surface area contributed by atoms with Gasteiger partial charge in [0.05, 0.1) is 19.1 Å². The van der Waals surface area contributed by atoms with Gasteiger partial charge in [0.25, 0.3) is 0 Å². The molecular formula is C21H25NO4. The van der Waals surface area contributed by atoms with Crippen LogP contribution in [0.15, 0.2) is 48.5 Å². The number of nitrogens with one attached hydrogen (secondary N) is 1. The molecule has 26 heavy (non-hydrogen) atoms. The maximum atomic E-state index is 13.2. The maximum Gasteiger partial charge on any atom is 0.235 e. The molecule has 0 spiro atoms. The highest BCUT2D eigenvalue weighted by molar-refractivity contribution is 5.99. The molecule has 1 aliphatic rings. The predicted molar refractivity (Wildman–Crippen MR) is 101 cm³/mol. The topological polar surface area (TPSA) is 56.8 Å². The molecule has 0 saturated carbocycles. The van der Waals surface area contributed by atoms with Crippen LogP contribution in [0.25, 0.3) is 0 Å². The molecule has 1 aliphatic heterocycles. The first-order valence-corrected chi connectivity index (χ1v) is 8.94. The van der Waals surface area contributed by atoms with Crippen molar-refractivity contribution in [2.75, 3.05) is 32.2 Å². The van der Waals surface area contributed by atoms with E-state index in [0.717, 1.165) is 22.7 Å². The number of carbonyl (C=O) groups excluding carboxylic acids is 1. The van der Waals surface area contributed by atoms with E-state index in [1.165, 1.54) is 0 Å². The highest BCUT2D eigenvalue weighted by atomic mass is 16.5. The van der Waals surface area contributed by atoms with Gasteiger partial charge in [0.2, 0.25) is 5.91 Å². The number of anilines is 1. The van der Waals surface area contributed by atoms with Crippen LogP contribution in [0, 0.1) is 0 Å². The van der Waals surface area contributed by atoms with E-state index in [2.05, 4.69) is 5.32 Å². The van der Waals surface area contributed by atoms with Gasteiger partial charge in [0.1, 0.15) is 11.5 Å². The minimum absolute atomic E-state index is 0.00451. The van der Waals surface area contributed by atoms with Crippen LogP contribution >= 0.6 is 0 Å². The van der Waals surface area contributed by atoms with Crippen LogP contribution < -0.4 is 14.8 Å². The lowest BCUT2D eigenvalue weighted by atomic mass is 9.73. The van der Waals surface area contributed by atoms with Gasteiger partial charge in [0, 0.05) is 18.9 Å². The molecule has 2 aromatic rings. The predicted octanol–water partition coefficient (Wildman–Crippen LogP) is 3.78. The van der Waals surface area contributed by atoms with Crippen LogP contribution in [0.5, 0.6) is 11.5 Å². The molecule has 0 atom stereocenters. The number of benzene rings is 2. The molecule has 0 bridgehead atoms. The SMILES string of the molecule is CCOc1ccc(NC(=O)C2(c3ccc(OC)cc3)CCOCC2)cc1. The Bertz CT molecular complexity index is 719. The van der Waals surface area contributed by atoms with Crippen molar-refractivity contribution in [1.82, 2.24) is 0 Å². The lowest BCUT2D eigenvalue weighted by molar-refractivity contribution is -0.125. The molecule has 1 saturated heterocycles. The van der Waals surface area contributed by atoms with Gasteiger partial charge < -0.3 is 19.5 Å². The number of hydrogen-bond donors (Lipinski definition) is 1. The maximum absolute atomic E-state index is 13.2. The van der Waals surface area contributed by atoms with Crippen molar-refractivity contribution < 1.29 is 19.0 Å². The third kappa shape index (κ3) is 3.83. The Balaban J connectivity index is 1.83. The molecule has 1 fully saturated rings. The van der Waals surface area contributed by atoms with E-state index < -0.39 is 5.41 Å². The molecule has 0 aromatic heterocycles. The zero-order valence-electron chi connectivity index (χ0n) is 15.3. The quantitative estimate of drug-likeness (QED) is 0.857. The highest BCUT2D eigenvalue weighted by Crippen LogP contribution is 2.37. The number of amides is 1. The van der Waals surface area contributed by atoms with E-state index >= 15 is 0 Å². The van der Waals surface area contributed by atoms with Crippen molar-refractivity contribution in [2.45, 2.75) is 25.2 Å². The smallest absolute Gasteiger partial charge is 0.235 e. The summed E-state index contributed by atoms with van der Waals surface area (Å²) in [6, 6.07) is 15.2. The minimum Gasteiger partial charge on any atom is -0.497 e. The number of rotatable bonds is 6. The monoisotopic (exact) mass is 355 g/mol. The molecule has 2 aromatic carbocycles. The van der Waals surface area contributed by atoms with Gasteiger partial charge in [-0.05, 0) is 61.7 Å². The molecule has 5 nitrogen and oxygen atoms in total. The second kappa shape index (κ2) is 8.23. The molecule has 0 unspecified atom stereocenters. The summed E-state index contributed by atoms with van der Waals surface area (Å²) in [6.07, 6.45) is 1.31. The number of ether oxygens (including phenoxy) is 3. The summed E-state index contributed by atoms with van der Waals surface area (Å²) < 4.78 is 16.2. The van der Waals surface area contributed by atoms with Crippen molar-refractivity contribution in [3.63, 3.8) is 0 Å². The van der Waals surface area contributed by atoms with E-state index in [1.54, 1.807) is 7.11 Å². The van der Waals surface area contributed by atoms with Crippen molar-refractivity contribution in [1.29, 1.82) is 0 Å². The average molecular weight is 355 g/mol. The number of hydrogen-bond acceptors (Lipinski definition) is 4. The van der Waals surface area contributed by atoms with Crippen LogP contribution in [0.4, 0.5) is 5.69 Å². The Hall–Kier alpha value is -2.53. The fourth-order valence-corrected chi connectivity index (χ4v) is 3.33. The third-order valence-electron chi connectivity index (χ3n) is 4.85. The standard InChI is InChI=1S/C21H25NO4/c1-3-26-19-10-6-17(7-11-19)22-20(23)21(12-14-25-15-13-21)16-4-8-18(24-2)9-5-16/h4-11H,3,12-15H2,1-2H3,(H,22,23). The zero-order valence-corrected chi connectivity index (χ0v) is 15.3. The number of carbonyl (C=O) groups is 1. The second-order valence-corrected chi connectivity index (χ2v) is 6.33. The summed E-state index contributed by atoms with van der Waals surface area (Å²) in [5.41, 5.74) is 1.16. The van der Waals surface area contributed by atoms with Crippen molar-refractivity contribution >= 4 is 11.6 Å². The van der Waals surface area contributed by atoms with Crippen LogP contribution in [-0.4, -0.2) is 32.8 Å². The van der Waals surface area contributed by atoms with Crippen LogP contribution in [-0.2, 0) is 14.9 Å². The molecule has 3 rings (SSSR count). The Morgan fingerprint density at radius 2 is 1.65 bits per heavy atom. The first-order valence-electron chi connectivity index (χ1n) is 8.94. The summed E-state index contributed by atoms with van der Waals surface area (Å²) in [7, 11) is 1.64. The van der Waals surface area contributed by atoms with Crippen molar-refractivity contribution in [2.24, 2.45) is 0 Å². The summed E-state index contributed by atoms with van der Waals surface area (Å²) in [6.45, 7) is 3.71. The first kappa shape index (κ1) is 18.3. The molecule has 1 amide bonds. The van der Waals surface area contributed by atoms with E-state index in [1.807, 2.05) is 55.5 Å². The Morgan fingerprint density at radius 3 is 2.23 bits per heavy atom. The molecule has 138 valence electrons. The molecule has 0 radical (unpaired) electrons. The third-order valence-corrected chi connectivity index (χ3v) is 4.85. The molecule has 1 heterocycles. The fourth-order valence-electron chi connectivity index (χ4n) is 3.33. The normalized spacial score (nSPS) is 15.9. The first-order chi connectivity index (χ1) is 12.7. The number of methoxy groups -OCH3 is 1. The van der Waals surface area contributed by atoms with E-state index in [0.29, 0.717) is 32.7 Å². The van der Waals surface area contributed by atoms with Gasteiger partial charge in [-0.15, -0.1) is 0 Å². The summed E-state index contributed by atoms with van der Waals surface area (Å²) in [4.78, 5) is 13.2. The van der Waals surface area contributed by atoms with Gasteiger partial charge in [-0.1, -0.05) is 12.1 Å². The van der Waals surface area contributed by atoms with Crippen LogP contribution in [0.1, 0.15) is 25.3 Å². The van der Waals surface area contributed by atoms with Gasteiger partial charge in [-0.2, -0.15) is 0 Å². The van der Waals surface area contributed by atoms with Gasteiger partial charge in [-0.25, -0.2) is 0 Å². The minimum atomic E-state index is -0.594. The largest absolute Gasteiger partial charge is 0.497 e. The Labute approximate surface area is 154 Å². The zero-order chi connectivity index (χ0) is 18.4. The fraction of sp³-hybridized carbons (Fsp3) is 0.381. The molecular weight excluding hydrogens is 330 g/mol. The second-order valence-electron chi connectivity index (χ2n) is 6.33. The molecule has 5 heteroatoms. The molecule has 0 aliphatic carbocycles. The van der Waals surface area contributed by atoms with Crippen molar-refractivity contribution in [3.05, 3.63) is 54.1 Å².